The predicted octanol–water partition coefficient (Wildman–Crippen LogP) is -1.56. The Labute approximate surface area is 439 Å². The molecule has 29 atom stereocenters. The number of aliphatic hydroxyl groups is 14. The predicted molar refractivity (Wildman–Crippen MR) is 260 cm³/mol. The monoisotopic (exact) mass is 1080 g/mol. The molecule has 4 aliphatic heterocycles. The van der Waals surface area contributed by atoms with Gasteiger partial charge in [-0.15, -0.1) is 0 Å². The number of allylic oxidation sites excluding steroid dienone is 2. The highest BCUT2D eigenvalue weighted by Gasteiger charge is 2.72. The molecule has 14 N–H and O–H groups in total. The Bertz CT molecular complexity index is 1940. The highest BCUT2D eigenvalue weighted by molar-refractivity contribution is 5.20. The van der Waals surface area contributed by atoms with E-state index in [9.17, 15) is 71.5 Å². The number of aliphatic hydroxyl groups excluding tert-OH is 14. The zero-order valence-corrected chi connectivity index (χ0v) is 44.7. The van der Waals surface area contributed by atoms with Crippen LogP contribution in [0.2, 0.25) is 0 Å². The molecule has 0 aromatic rings. The summed E-state index contributed by atoms with van der Waals surface area (Å²) in [6.07, 6.45) is -23.6. The fraction of sp³-hybridized carbons (Fsp3) is 0.962. The summed E-state index contributed by atoms with van der Waals surface area (Å²) in [6.45, 7) is 14.7. The minimum atomic E-state index is -1.86. The van der Waals surface area contributed by atoms with Crippen LogP contribution in [0.25, 0.3) is 0 Å². The van der Waals surface area contributed by atoms with E-state index in [0.29, 0.717) is 38.5 Å². The van der Waals surface area contributed by atoms with Crippen molar-refractivity contribution in [1.82, 2.24) is 0 Å². The van der Waals surface area contributed by atoms with E-state index in [2.05, 4.69) is 40.7 Å². The quantitative estimate of drug-likeness (QED) is 0.0651. The minimum absolute atomic E-state index is 0.0274. The summed E-state index contributed by atoms with van der Waals surface area (Å²) in [5.41, 5.74) is -1.39. The Morgan fingerprint density at radius 3 is 1.65 bits per heavy atom. The fourth-order valence-corrected chi connectivity index (χ4v) is 16.1. The molecule has 0 spiro atoms. The van der Waals surface area contributed by atoms with E-state index in [-0.39, 0.29) is 39.9 Å². The van der Waals surface area contributed by atoms with E-state index in [1.165, 1.54) is 0 Å². The van der Waals surface area contributed by atoms with Crippen molar-refractivity contribution in [2.45, 2.75) is 248 Å². The van der Waals surface area contributed by atoms with Crippen LogP contribution in [0.15, 0.2) is 11.6 Å². The van der Waals surface area contributed by atoms with Gasteiger partial charge in [0.25, 0.3) is 0 Å². The number of hydrogen-bond donors (Lipinski definition) is 14. The molecule has 8 rings (SSSR count). The van der Waals surface area contributed by atoms with Gasteiger partial charge in [0.2, 0.25) is 0 Å². The van der Waals surface area contributed by atoms with Crippen LogP contribution in [0.5, 0.6) is 0 Å². The number of fused-ring (bicyclic) bond motifs is 5. The molecule has 0 aromatic heterocycles. The molecule has 0 aromatic carbocycles. The van der Waals surface area contributed by atoms with Gasteiger partial charge in [-0.1, -0.05) is 46.3 Å². The Balaban J connectivity index is 1.03. The van der Waals surface area contributed by atoms with Gasteiger partial charge in [-0.25, -0.2) is 0 Å². The fourth-order valence-electron chi connectivity index (χ4n) is 16.1. The van der Waals surface area contributed by atoms with Gasteiger partial charge in [-0.3, -0.25) is 0 Å². The molecule has 0 amide bonds. The van der Waals surface area contributed by atoms with Crippen LogP contribution in [0, 0.1) is 45.3 Å². The topological polar surface area (TPSA) is 357 Å². The third kappa shape index (κ3) is 10.5. The largest absolute Gasteiger partial charge is 0.394 e. The van der Waals surface area contributed by atoms with Crippen LogP contribution in [0.3, 0.4) is 0 Å². The van der Waals surface area contributed by atoms with Crippen LogP contribution < -0.4 is 0 Å². The molecule has 4 aliphatic carbocycles. The molecule has 8 aliphatic rings. The van der Waals surface area contributed by atoms with Crippen molar-refractivity contribution in [1.29, 1.82) is 0 Å². The van der Waals surface area contributed by atoms with Gasteiger partial charge in [-0.05, 0) is 124 Å². The maximum Gasteiger partial charge on any atom is 0.187 e. The van der Waals surface area contributed by atoms with Crippen molar-refractivity contribution in [2.24, 2.45) is 45.3 Å². The van der Waals surface area contributed by atoms with E-state index in [4.69, 9.17) is 37.9 Å². The van der Waals surface area contributed by atoms with Crippen molar-refractivity contribution in [3.8, 4) is 0 Å². The molecule has 434 valence electrons. The Morgan fingerprint density at radius 1 is 0.560 bits per heavy atom. The van der Waals surface area contributed by atoms with Gasteiger partial charge in [0.15, 0.2) is 25.2 Å². The van der Waals surface area contributed by atoms with Crippen LogP contribution in [-0.4, -0.2) is 232 Å². The van der Waals surface area contributed by atoms with Crippen molar-refractivity contribution in [2.75, 3.05) is 26.4 Å². The molecule has 3 unspecified atom stereocenters. The molecular formula is C53H90O22. The lowest BCUT2D eigenvalue weighted by Crippen LogP contribution is -2.68. The first-order chi connectivity index (χ1) is 35.1. The molecule has 4 heterocycles. The van der Waals surface area contributed by atoms with Crippen LogP contribution >= 0.6 is 0 Å². The molecule has 8 fully saturated rings. The van der Waals surface area contributed by atoms with Gasteiger partial charge >= 0.3 is 0 Å². The third-order valence-electron chi connectivity index (χ3n) is 20.5. The maximum absolute atomic E-state index is 12.8. The van der Waals surface area contributed by atoms with E-state index in [1.807, 2.05) is 20.8 Å². The molecule has 75 heavy (non-hydrogen) atoms. The lowest BCUT2D eigenvalue weighted by atomic mass is 9.35. The molecular weight excluding hydrogens is 989 g/mol. The van der Waals surface area contributed by atoms with Crippen molar-refractivity contribution in [3.05, 3.63) is 11.6 Å². The first-order valence-electron chi connectivity index (χ1n) is 27.3. The van der Waals surface area contributed by atoms with Crippen molar-refractivity contribution < 1.29 is 109 Å². The van der Waals surface area contributed by atoms with Crippen LogP contribution in [0.4, 0.5) is 0 Å². The highest BCUT2D eigenvalue weighted by atomic mass is 16.8. The van der Waals surface area contributed by atoms with Gasteiger partial charge in [0.05, 0.1) is 44.2 Å². The highest BCUT2D eigenvalue weighted by Crippen LogP contribution is 2.76. The molecule has 4 saturated heterocycles. The Hall–Kier alpha value is -1.14. The Kier molecular flexibility index (Phi) is 18.1. The average Bonchev–Trinajstić information content (AvgIpc) is 3.76. The summed E-state index contributed by atoms with van der Waals surface area (Å²) in [5.74, 6) is -0.332. The summed E-state index contributed by atoms with van der Waals surface area (Å²) in [5, 5.41) is 152. The summed E-state index contributed by atoms with van der Waals surface area (Å²) in [6, 6.07) is 0. The lowest BCUT2D eigenvalue weighted by Gasteiger charge is -2.71. The van der Waals surface area contributed by atoms with Crippen molar-refractivity contribution >= 4 is 0 Å². The summed E-state index contributed by atoms with van der Waals surface area (Å²) in [4.78, 5) is 0. The SMILES string of the molecule is CC(C)=CCC[C@](C)(O[C@@H]1O[C@H](CO)[C@@H](O)[C@H](O)[C@H]1O)C1CC[C@]2(C)C1[C@H](O)C[C@@H]1[C@@]3(C)CC[C@H](O[C@@H]4O[C@H](CO)[C@@H](O)[C@H](O)[C@H]4O[C@@H]4O[C@H](CO)[C@@H](O)[C@H](O)[C@H]4O[C@@H]4OC[C@@H](O)[C@H](O)[C@H]4O)C(C)(C)C3CC[C@]12C. The summed E-state index contributed by atoms with van der Waals surface area (Å²) in [7, 11) is 0. The maximum atomic E-state index is 12.8. The van der Waals surface area contributed by atoms with Crippen LogP contribution in [0.1, 0.15) is 113 Å². The zero-order valence-electron chi connectivity index (χ0n) is 44.7. The van der Waals surface area contributed by atoms with E-state index in [1.54, 1.807) is 0 Å². The summed E-state index contributed by atoms with van der Waals surface area (Å²) < 4.78 is 49.3. The molecule has 4 saturated carbocycles. The van der Waals surface area contributed by atoms with E-state index >= 15 is 0 Å². The van der Waals surface area contributed by atoms with E-state index in [0.717, 1.165) is 24.8 Å². The van der Waals surface area contributed by atoms with Crippen molar-refractivity contribution in [3.63, 3.8) is 0 Å². The molecule has 22 heteroatoms. The number of rotatable bonds is 15. The standard InChI is InChI=1S/C53H90O22/c1-23(2)10-9-14-53(8,75-46-42(67)38(63)35(60)27(19-54)69-46)24-11-16-52(7)33(24)25(57)18-31-50(5)15-13-32(49(3,4)30(50)12-17-51(31,52)6)72-47-43(39(64)36(61)28(20-55)70-47)74-48-44(40(65)37(62)29(21-56)71-48)73-45-41(66)34(59)26(58)22-68-45/h10,24-48,54-67H,9,11-22H2,1-8H3/t24?,25-,26-,27-,28-,29-,30?,31-,32+,33?,34+,35-,36-,37-,38+,39+,40+,41-,42-,43-,44-,45+,46+,47+,48+,50+,51-,52-,53+/m1/s1. The second-order valence-corrected chi connectivity index (χ2v) is 25.3. The lowest BCUT2D eigenvalue weighted by molar-refractivity contribution is -0.395. The molecule has 0 bridgehead atoms. The van der Waals surface area contributed by atoms with Gasteiger partial charge in [0, 0.05) is 0 Å². The third-order valence-corrected chi connectivity index (χ3v) is 20.5. The van der Waals surface area contributed by atoms with Gasteiger partial charge in [0.1, 0.15) is 91.6 Å². The average molecular weight is 1080 g/mol. The normalized spacial score (nSPS) is 52.7. The van der Waals surface area contributed by atoms with Gasteiger partial charge < -0.3 is 109 Å². The summed E-state index contributed by atoms with van der Waals surface area (Å²) >= 11 is 0. The smallest absolute Gasteiger partial charge is 0.187 e. The molecule has 22 nitrogen and oxygen atoms in total. The molecule has 0 radical (unpaired) electrons. The first-order valence-corrected chi connectivity index (χ1v) is 27.3. The van der Waals surface area contributed by atoms with E-state index < -0.39 is 166 Å². The van der Waals surface area contributed by atoms with Gasteiger partial charge in [-0.2, -0.15) is 0 Å². The number of hydrogen-bond acceptors (Lipinski definition) is 22. The minimum Gasteiger partial charge on any atom is -0.394 e. The second kappa shape index (κ2) is 22.7. The first kappa shape index (κ1) is 60.0. The zero-order chi connectivity index (χ0) is 55.1. The second-order valence-electron chi connectivity index (χ2n) is 25.3. The Morgan fingerprint density at radius 2 is 1.08 bits per heavy atom. The number of ether oxygens (including phenoxy) is 8. The van der Waals surface area contributed by atoms with Crippen LogP contribution in [-0.2, 0) is 37.9 Å².